The lowest BCUT2D eigenvalue weighted by molar-refractivity contribution is 0.0225. The normalized spacial score (nSPS) is 26.5. The van der Waals surface area contributed by atoms with Crippen LogP contribution in [0.15, 0.2) is 18.2 Å². The fraction of sp³-hybridized carbons (Fsp3) is 0.571. The van der Waals surface area contributed by atoms with Crippen molar-refractivity contribution >= 4 is 15.9 Å². The Morgan fingerprint density at radius 3 is 2.59 bits per heavy atom. The van der Waals surface area contributed by atoms with E-state index in [0.717, 1.165) is 11.3 Å². The summed E-state index contributed by atoms with van der Waals surface area (Å²) in [4.78, 5) is -0.0927. The molecule has 1 aromatic rings. The average molecular weight is 299 g/mol. The molecular formula is C14H19BrO2. The molecule has 0 amide bonds. The van der Waals surface area contributed by atoms with Gasteiger partial charge < -0.3 is 9.84 Å². The third-order valence-electron chi connectivity index (χ3n) is 3.33. The molecule has 0 saturated heterocycles. The number of aliphatic hydroxyl groups excluding tert-OH is 1. The maximum absolute atomic E-state index is 10.3. The zero-order chi connectivity index (χ0) is 12.8. The lowest BCUT2D eigenvalue weighted by Gasteiger charge is -2.40. The molecule has 1 aliphatic rings. The van der Waals surface area contributed by atoms with Gasteiger partial charge in [0.1, 0.15) is 11.4 Å². The quantitative estimate of drug-likeness (QED) is 0.800. The molecule has 3 heteroatoms. The van der Waals surface area contributed by atoms with Gasteiger partial charge in [0.15, 0.2) is 0 Å². The molecule has 0 spiro atoms. The highest BCUT2D eigenvalue weighted by Crippen LogP contribution is 2.43. The average Bonchev–Trinajstić information content (AvgIpc) is 2.25. The molecule has 17 heavy (non-hydrogen) atoms. The highest BCUT2D eigenvalue weighted by molar-refractivity contribution is 9.09. The zero-order valence-electron chi connectivity index (χ0n) is 10.7. The Morgan fingerprint density at radius 2 is 2.00 bits per heavy atom. The molecule has 94 valence electrons. The smallest absolute Gasteiger partial charge is 0.126 e. The van der Waals surface area contributed by atoms with E-state index in [1.807, 2.05) is 26.0 Å². The van der Waals surface area contributed by atoms with Gasteiger partial charge in [-0.25, -0.2) is 0 Å². The van der Waals surface area contributed by atoms with E-state index in [2.05, 4.69) is 35.8 Å². The third-order valence-corrected chi connectivity index (χ3v) is 4.94. The van der Waals surface area contributed by atoms with Crippen LogP contribution in [0, 0.1) is 0 Å². The standard InChI is InChI=1S/C14H19BrO2/c1-8(2)9-5-6-11-10(7-9)12(16)13(15)14(3,4)17-11/h5-8,12-13,16H,1-4H3/t12-,13+/m0/s1. The van der Waals surface area contributed by atoms with E-state index in [1.165, 1.54) is 5.56 Å². The first-order valence-corrected chi connectivity index (χ1v) is 6.89. The molecule has 1 aromatic carbocycles. The van der Waals surface area contributed by atoms with Crippen molar-refractivity contribution in [2.24, 2.45) is 0 Å². The van der Waals surface area contributed by atoms with Crippen molar-refractivity contribution < 1.29 is 9.84 Å². The van der Waals surface area contributed by atoms with Gasteiger partial charge in [0.25, 0.3) is 0 Å². The Kier molecular flexibility index (Phi) is 3.25. The van der Waals surface area contributed by atoms with Gasteiger partial charge in [-0.2, -0.15) is 0 Å². The second-order valence-corrected chi connectivity index (χ2v) is 6.49. The first-order valence-electron chi connectivity index (χ1n) is 5.98. The number of halogens is 1. The number of aliphatic hydroxyl groups is 1. The van der Waals surface area contributed by atoms with Gasteiger partial charge >= 0.3 is 0 Å². The number of benzene rings is 1. The van der Waals surface area contributed by atoms with Crippen molar-refractivity contribution in [3.63, 3.8) is 0 Å². The van der Waals surface area contributed by atoms with Gasteiger partial charge in [0.05, 0.1) is 10.9 Å². The lowest BCUT2D eigenvalue weighted by atomic mass is 9.89. The van der Waals surface area contributed by atoms with E-state index in [0.29, 0.717) is 5.92 Å². The van der Waals surface area contributed by atoms with Gasteiger partial charge in [0.2, 0.25) is 0 Å². The lowest BCUT2D eigenvalue weighted by Crippen LogP contribution is -2.45. The molecule has 1 heterocycles. The van der Waals surface area contributed by atoms with E-state index < -0.39 is 11.7 Å². The minimum absolute atomic E-state index is 0.0927. The molecule has 0 aliphatic carbocycles. The van der Waals surface area contributed by atoms with E-state index >= 15 is 0 Å². The Bertz CT molecular complexity index is 426. The summed E-state index contributed by atoms with van der Waals surface area (Å²) in [6.45, 7) is 8.25. The van der Waals surface area contributed by atoms with Gasteiger partial charge in [-0.15, -0.1) is 0 Å². The summed E-state index contributed by atoms with van der Waals surface area (Å²) in [6, 6.07) is 6.09. The molecule has 2 rings (SSSR count). The van der Waals surface area contributed by atoms with Gasteiger partial charge in [-0.3, -0.25) is 0 Å². The molecule has 0 fully saturated rings. The van der Waals surface area contributed by atoms with Crippen molar-refractivity contribution in [3.05, 3.63) is 29.3 Å². The fourth-order valence-electron chi connectivity index (χ4n) is 2.13. The maximum Gasteiger partial charge on any atom is 0.126 e. The topological polar surface area (TPSA) is 29.5 Å². The van der Waals surface area contributed by atoms with Crippen LogP contribution in [0.3, 0.4) is 0 Å². The predicted octanol–water partition coefficient (Wildman–Crippen LogP) is 3.78. The Balaban J connectivity index is 2.47. The van der Waals surface area contributed by atoms with Gasteiger partial charge in [-0.05, 0) is 37.5 Å². The summed E-state index contributed by atoms with van der Waals surface area (Å²) < 4.78 is 5.93. The van der Waals surface area contributed by atoms with Crippen LogP contribution in [0.5, 0.6) is 5.75 Å². The molecule has 1 aliphatic heterocycles. The van der Waals surface area contributed by atoms with Crippen molar-refractivity contribution in [2.75, 3.05) is 0 Å². The van der Waals surface area contributed by atoms with E-state index in [9.17, 15) is 5.11 Å². The summed E-state index contributed by atoms with van der Waals surface area (Å²) in [5.41, 5.74) is 1.72. The Labute approximate surface area is 111 Å². The monoisotopic (exact) mass is 298 g/mol. The molecule has 0 radical (unpaired) electrons. The van der Waals surface area contributed by atoms with Crippen LogP contribution in [0.2, 0.25) is 0 Å². The largest absolute Gasteiger partial charge is 0.486 e. The summed E-state index contributed by atoms with van der Waals surface area (Å²) in [5, 5.41) is 10.3. The van der Waals surface area contributed by atoms with Gasteiger partial charge in [-0.1, -0.05) is 35.8 Å². The number of ether oxygens (including phenoxy) is 1. The number of rotatable bonds is 1. The van der Waals surface area contributed by atoms with Crippen LogP contribution >= 0.6 is 15.9 Å². The Morgan fingerprint density at radius 1 is 1.35 bits per heavy atom. The third kappa shape index (κ3) is 2.23. The molecule has 0 saturated carbocycles. The molecule has 0 aromatic heterocycles. The summed E-state index contributed by atoms with van der Waals surface area (Å²) in [7, 11) is 0. The van der Waals surface area contributed by atoms with Crippen molar-refractivity contribution in [2.45, 2.75) is 50.1 Å². The zero-order valence-corrected chi connectivity index (χ0v) is 12.3. The van der Waals surface area contributed by atoms with E-state index in [1.54, 1.807) is 0 Å². The van der Waals surface area contributed by atoms with E-state index in [4.69, 9.17) is 4.74 Å². The first-order chi connectivity index (χ1) is 7.83. The maximum atomic E-state index is 10.3. The predicted molar refractivity (Wildman–Crippen MR) is 72.9 cm³/mol. The minimum atomic E-state index is -0.521. The number of alkyl halides is 1. The minimum Gasteiger partial charge on any atom is -0.486 e. The van der Waals surface area contributed by atoms with Crippen LogP contribution in [0.1, 0.15) is 50.8 Å². The molecular weight excluding hydrogens is 280 g/mol. The summed E-state index contributed by atoms with van der Waals surface area (Å²) in [6.07, 6.45) is -0.521. The molecule has 0 unspecified atom stereocenters. The van der Waals surface area contributed by atoms with E-state index in [-0.39, 0.29) is 4.83 Å². The highest BCUT2D eigenvalue weighted by Gasteiger charge is 2.41. The Hall–Kier alpha value is -0.540. The second-order valence-electron chi connectivity index (χ2n) is 5.50. The SMILES string of the molecule is CC(C)c1ccc2c(c1)[C@H](O)[C@@H](Br)C(C)(C)O2. The molecule has 0 bridgehead atoms. The van der Waals surface area contributed by atoms with Crippen LogP contribution in [0.4, 0.5) is 0 Å². The van der Waals surface area contributed by atoms with Crippen LogP contribution in [-0.2, 0) is 0 Å². The summed E-state index contributed by atoms with van der Waals surface area (Å²) >= 11 is 3.53. The molecule has 1 N–H and O–H groups in total. The first kappa shape index (κ1) is 12.9. The van der Waals surface area contributed by atoms with Gasteiger partial charge in [0, 0.05) is 5.56 Å². The molecule has 2 atom stereocenters. The van der Waals surface area contributed by atoms with Crippen LogP contribution < -0.4 is 4.74 Å². The number of fused-ring (bicyclic) bond motifs is 1. The van der Waals surface area contributed by atoms with Crippen LogP contribution in [-0.4, -0.2) is 15.5 Å². The van der Waals surface area contributed by atoms with Crippen molar-refractivity contribution in [3.8, 4) is 5.75 Å². The summed E-state index contributed by atoms with van der Waals surface area (Å²) in [5.74, 6) is 1.25. The van der Waals surface area contributed by atoms with Crippen molar-refractivity contribution in [1.29, 1.82) is 0 Å². The number of hydrogen-bond donors (Lipinski definition) is 1. The highest BCUT2D eigenvalue weighted by atomic mass is 79.9. The van der Waals surface area contributed by atoms with Crippen LogP contribution in [0.25, 0.3) is 0 Å². The number of hydrogen-bond acceptors (Lipinski definition) is 2. The second kappa shape index (κ2) is 4.29. The van der Waals surface area contributed by atoms with Crippen molar-refractivity contribution in [1.82, 2.24) is 0 Å². The fourth-order valence-corrected chi connectivity index (χ4v) is 2.51. The molecule has 2 nitrogen and oxygen atoms in total.